The summed E-state index contributed by atoms with van der Waals surface area (Å²) in [5.74, 6) is 1.30. The van der Waals surface area contributed by atoms with Gasteiger partial charge >= 0.3 is 0 Å². The van der Waals surface area contributed by atoms with Crippen LogP contribution in [-0.4, -0.2) is 35.7 Å². The van der Waals surface area contributed by atoms with Crippen molar-refractivity contribution in [1.29, 1.82) is 0 Å². The van der Waals surface area contributed by atoms with Crippen LogP contribution in [0.1, 0.15) is 46.0 Å². The quantitative estimate of drug-likeness (QED) is 0.794. The van der Waals surface area contributed by atoms with Crippen LogP contribution in [0.25, 0.3) is 0 Å². The van der Waals surface area contributed by atoms with E-state index in [2.05, 4.69) is 13.8 Å². The number of halogens is 2. The molecule has 19 heavy (non-hydrogen) atoms. The number of rotatable bonds is 3. The molecule has 1 saturated heterocycles. The van der Waals surface area contributed by atoms with Crippen molar-refractivity contribution in [2.24, 2.45) is 11.8 Å². The smallest absolute Gasteiger partial charge is 0.189 e. The number of alkyl halides is 2. The molecule has 1 heterocycles. The largest absolute Gasteiger partial charge is 0.326 e. The highest BCUT2D eigenvalue weighted by molar-refractivity contribution is 6.30. The van der Waals surface area contributed by atoms with Gasteiger partial charge in [-0.3, -0.25) is 4.79 Å². The van der Waals surface area contributed by atoms with Gasteiger partial charge in [0.2, 0.25) is 0 Å². The summed E-state index contributed by atoms with van der Waals surface area (Å²) >= 11 is 12.3. The molecule has 0 amide bonds. The number of likely N-dealkylation sites (tertiary alicyclic amines) is 1. The van der Waals surface area contributed by atoms with Crippen LogP contribution in [0.3, 0.4) is 0 Å². The lowest BCUT2D eigenvalue weighted by Gasteiger charge is -2.35. The van der Waals surface area contributed by atoms with Crippen molar-refractivity contribution in [3.05, 3.63) is 0 Å². The number of Topliss-reactive ketones (excluding diaryl/α,β-unsaturated/α-hetero) is 1. The van der Waals surface area contributed by atoms with E-state index in [1.165, 1.54) is 17.7 Å². The van der Waals surface area contributed by atoms with Gasteiger partial charge in [0.25, 0.3) is 0 Å². The van der Waals surface area contributed by atoms with Gasteiger partial charge in [-0.05, 0) is 39.0 Å². The van der Waals surface area contributed by atoms with Crippen LogP contribution >= 0.6 is 23.2 Å². The first-order valence-corrected chi connectivity index (χ1v) is 8.50. The van der Waals surface area contributed by atoms with Gasteiger partial charge in [-0.25, -0.2) is 0 Å². The van der Waals surface area contributed by atoms with E-state index < -0.39 is 0 Å². The fourth-order valence-corrected chi connectivity index (χ4v) is 4.04. The number of hydrogen-bond acceptors (Lipinski definition) is 1. The SMILES string of the molecule is CC1CCC(C)[NH+](CC(=O)C2CCC(Cl)C(Cl)C2)C1. The Hall–Kier alpha value is 0.210. The van der Waals surface area contributed by atoms with Gasteiger partial charge < -0.3 is 4.90 Å². The fourth-order valence-electron chi connectivity index (χ4n) is 3.47. The zero-order chi connectivity index (χ0) is 14.0. The van der Waals surface area contributed by atoms with E-state index in [1.807, 2.05) is 0 Å². The van der Waals surface area contributed by atoms with Crippen LogP contribution in [0.15, 0.2) is 0 Å². The van der Waals surface area contributed by atoms with Crippen LogP contribution in [0.2, 0.25) is 0 Å². The lowest BCUT2D eigenvalue weighted by molar-refractivity contribution is -0.924. The maximum Gasteiger partial charge on any atom is 0.189 e. The van der Waals surface area contributed by atoms with Crippen molar-refractivity contribution in [3.63, 3.8) is 0 Å². The van der Waals surface area contributed by atoms with Crippen molar-refractivity contribution >= 4 is 29.0 Å². The molecule has 2 rings (SSSR count). The number of hydrogen-bond donors (Lipinski definition) is 1. The third kappa shape index (κ3) is 4.09. The monoisotopic (exact) mass is 306 g/mol. The molecule has 1 saturated carbocycles. The molecule has 0 aromatic carbocycles. The minimum Gasteiger partial charge on any atom is -0.326 e. The fraction of sp³-hybridized carbons (Fsp3) is 0.933. The zero-order valence-corrected chi connectivity index (χ0v) is 13.5. The van der Waals surface area contributed by atoms with Gasteiger partial charge in [0.1, 0.15) is 6.54 Å². The van der Waals surface area contributed by atoms with Crippen molar-refractivity contribution < 1.29 is 9.69 Å². The Morgan fingerprint density at radius 3 is 2.53 bits per heavy atom. The van der Waals surface area contributed by atoms with Crippen molar-refractivity contribution in [2.75, 3.05) is 13.1 Å². The third-order valence-electron chi connectivity index (χ3n) is 4.95. The Morgan fingerprint density at radius 2 is 1.84 bits per heavy atom. The molecular weight excluding hydrogens is 281 g/mol. The summed E-state index contributed by atoms with van der Waals surface area (Å²) in [7, 11) is 0. The first-order chi connectivity index (χ1) is 8.97. The second-order valence-corrected chi connectivity index (χ2v) is 7.75. The Kier molecular flexibility index (Phi) is 5.56. The second kappa shape index (κ2) is 6.78. The molecule has 2 fully saturated rings. The Labute approximate surface area is 126 Å². The maximum absolute atomic E-state index is 12.4. The molecule has 0 aromatic heterocycles. The van der Waals surface area contributed by atoms with E-state index in [-0.39, 0.29) is 16.7 Å². The van der Waals surface area contributed by atoms with Crippen molar-refractivity contribution in [1.82, 2.24) is 0 Å². The summed E-state index contributed by atoms with van der Waals surface area (Å²) in [6.07, 6.45) is 5.13. The summed E-state index contributed by atoms with van der Waals surface area (Å²) in [5, 5.41) is 0.0177. The molecule has 4 heteroatoms. The van der Waals surface area contributed by atoms with Gasteiger partial charge in [0.05, 0.1) is 18.0 Å². The molecule has 2 aliphatic rings. The van der Waals surface area contributed by atoms with E-state index in [1.54, 1.807) is 0 Å². The first kappa shape index (κ1) is 15.6. The third-order valence-corrected chi connectivity index (χ3v) is 6.08. The molecule has 2 nitrogen and oxygen atoms in total. The summed E-state index contributed by atoms with van der Waals surface area (Å²) in [6.45, 7) is 6.40. The Bertz CT molecular complexity index is 323. The predicted octanol–water partition coefficient (Wildman–Crippen LogP) is 2.27. The molecule has 1 aliphatic heterocycles. The van der Waals surface area contributed by atoms with Crippen LogP contribution < -0.4 is 4.90 Å². The topological polar surface area (TPSA) is 21.5 Å². The molecular formula is C15H26Cl2NO+. The van der Waals surface area contributed by atoms with E-state index in [9.17, 15) is 4.79 Å². The number of ketones is 1. The molecule has 0 radical (unpaired) electrons. The number of quaternary nitrogens is 1. The van der Waals surface area contributed by atoms with Gasteiger partial charge in [-0.1, -0.05) is 6.92 Å². The van der Waals surface area contributed by atoms with Crippen LogP contribution in [0.5, 0.6) is 0 Å². The van der Waals surface area contributed by atoms with Crippen LogP contribution in [-0.2, 0) is 4.79 Å². The number of nitrogens with one attached hydrogen (secondary N) is 1. The Balaban J connectivity index is 1.86. The molecule has 6 atom stereocenters. The summed E-state index contributed by atoms with van der Waals surface area (Å²) < 4.78 is 0. The standard InChI is InChI=1S/C15H25Cl2NO/c1-10-3-4-11(2)18(8-10)9-15(19)12-5-6-13(16)14(17)7-12/h10-14H,3-9H2,1-2H3/p+1. The van der Waals surface area contributed by atoms with Crippen molar-refractivity contribution in [2.45, 2.75) is 62.7 Å². The van der Waals surface area contributed by atoms with Crippen LogP contribution in [0.4, 0.5) is 0 Å². The van der Waals surface area contributed by atoms with Crippen LogP contribution in [0, 0.1) is 11.8 Å². The number of carbonyl (C=O) groups is 1. The average Bonchev–Trinajstić information content (AvgIpc) is 2.37. The highest BCUT2D eigenvalue weighted by Crippen LogP contribution is 2.31. The number of piperidine rings is 1. The minimum absolute atomic E-state index is 0.0305. The molecule has 1 aliphatic carbocycles. The number of carbonyl (C=O) groups excluding carboxylic acids is 1. The molecule has 1 N–H and O–H groups in total. The predicted molar refractivity (Wildman–Crippen MR) is 80.2 cm³/mol. The summed E-state index contributed by atoms with van der Waals surface area (Å²) in [5.41, 5.74) is 0. The van der Waals surface area contributed by atoms with Gasteiger partial charge in [0, 0.05) is 17.2 Å². The molecule has 0 spiro atoms. The highest BCUT2D eigenvalue weighted by Gasteiger charge is 2.35. The minimum atomic E-state index is -0.0305. The van der Waals surface area contributed by atoms with E-state index >= 15 is 0 Å². The summed E-state index contributed by atoms with van der Waals surface area (Å²) in [4.78, 5) is 13.9. The van der Waals surface area contributed by atoms with E-state index in [0.29, 0.717) is 18.4 Å². The molecule has 0 aromatic rings. The maximum atomic E-state index is 12.4. The summed E-state index contributed by atoms with van der Waals surface area (Å²) in [6, 6.07) is 0.622. The van der Waals surface area contributed by atoms with Gasteiger partial charge in [0.15, 0.2) is 5.78 Å². The molecule has 6 unspecified atom stereocenters. The Morgan fingerprint density at radius 1 is 1.11 bits per heavy atom. The second-order valence-electron chi connectivity index (χ2n) is 6.63. The van der Waals surface area contributed by atoms with Gasteiger partial charge in [-0.15, -0.1) is 23.2 Å². The van der Waals surface area contributed by atoms with Gasteiger partial charge in [-0.2, -0.15) is 0 Å². The first-order valence-electron chi connectivity index (χ1n) is 7.62. The lowest BCUT2D eigenvalue weighted by atomic mass is 9.84. The molecule has 0 bridgehead atoms. The average molecular weight is 307 g/mol. The highest BCUT2D eigenvalue weighted by atomic mass is 35.5. The van der Waals surface area contributed by atoms with Crippen molar-refractivity contribution in [3.8, 4) is 0 Å². The molecule has 110 valence electrons. The zero-order valence-electron chi connectivity index (χ0n) is 12.0. The van der Waals surface area contributed by atoms with E-state index in [4.69, 9.17) is 23.2 Å². The normalized spacial score (nSPS) is 44.0. The van der Waals surface area contributed by atoms with E-state index in [0.717, 1.165) is 31.7 Å². The lowest BCUT2D eigenvalue weighted by Crippen LogP contribution is -3.17.